The van der Waals surface area contributed by atoms with E-state index in [4.69, 9.17) is 14.2 Å². The van der Waals surface area contributed by atoms with Gasteiger partial charge in [-0.15, -0.1) is 0 Å². The molecule has 0 saturated carbocycles. The molecule has 0 aromatic heterocycles. The van der Waals surface area contributed by atoms with Gasteiger partial charge in [-0.2, -0.15) is 0 Å². The van der Waals surface area contributed by atoms with Crippen LogP contribution in [0.4, 0.5) is 0 Å². The first-order valence-corrected chi connectivity index (χ1v) is 25.1. The topological polar surface area (TPSA) is 78.9 Å². The van der Waals surface area contributed by atoms with Crippen LogP contribution in [-0.4, -0.2) is 37.2 Å². The van der Waals surface area contributed by atoms with Crippen molar-refractivity contribution in [3.8, 4) is 0 Å². The summed E-state index contributed by atoms with van der Waals surface area (Å²) in [5.41, 5.74) is 0. The fraction of sp³-hybridized carbons (Fsp3) is 0.792. The van der Waals surface area contributed by atoms with Gasteiger partial charge in [0.25, 0.3) is 0 Å². The highest BCUT2D eigenvalue weighted by atomic mass is 16.6. The molecule has 0 N–H and O–H groups in total. The average molecular weight is 827 g/mol. The Morgan fingerprint density at radius 1 is 0.356 bits per heavy atom. The fourth-order valence-electron chi connectivity index (χ4n) is 7.04. The van der Waals surface area contributed by atoms with Gasteiger partial charge in [0, 0.05) is 19.3 Å². The van der Waals surface area contributed by atoms with Crippen molar-refractivity contribution < 1.29 is 28.6 Å². The lowest BCUT2D eigenvalue weighted by Gasteiger charge is -2.18. The molecule has 0 bridgehead atoms. The smallest absolute Gasteiger partial charge is 0.306 e. The zero-order valence-electron chi connectivity index (χ0n) is 39.0. The summed E-state index contributed by atoms with van der Waals surface area (Å²) < 4.78 is 16.7. The Morgan fingerprint density at radius 3 is 1.10 bits per heavy atom. The third kappa shape index (κ3) is 46.3. The van der Waals surface area contributed by atoms with Crippen LogP contribution in [0, 0.1) is 0 Å². The van der Waals surface area contributed by atoms with E-state index in [-0.39, 0.29) is 31.1 Å². The van der Waals surface area contributed by atoms with E-state index >= 15 is 0 Å². The van der Waals surface area contributed by atoms with E-state index in [1.807, 2.05) is 0 Å². The largest absolute Gasteiger partial charge is 0.462 e. The Kier molecular flexibility index (Phi) is 45.9. The Balaban J connectivity index is 4.40. The van der Waals surface area contributed by atoms with Crippen LogP contribution >= 0.6 is 0 Å². The number of hydrogen-bond acceptors (Lipinski definition) is 6. The second kappa shape index (κ2) is 48.0. The standard InChI is InChI=1S/C53H94O6/c1-4-7-10-13-16-19-22-25-27-29-31-34-37-40-43-46-52(55)58-49-50(48-57-51(54)45-42-39-36-33-30-24-21-18-15-12-9-6-3)59-53(56)47-44-41-38-35-32-28-26-23-20-17-14-11-8-5-2/h9,12,18-19,21-22,30,33,50H,4-8,10-11,13-17,20,23-29,31-32,34-49H2,1-3H3/b12-9-,21-18-,22-19-,33-30-. The quantitative estimate of drug-likeness (QED) is 0.0263. The molecule has 1 unspecified atom stereocenters. The van der Waals surface area contributed by atoms with Crippen molar-refractivity contribution in [2.24, 2.45) is 0 Å². The van der Waals surface area contributed by atoms with Gasteiger partial charge in [-0.05, 0) is 77.0 Å². The first-order valence-electron chi connectivity index (χ1n) is 25.1. The second-order valence-electron chi connectivity index (χ2n) is 16.7. The number of allylic oxidation sites excluding steroid dienone is 8. The number of unbranched alkanes of at least 4 members (excludes halogenated alkanes) is 26. The van der Waals surface area contributed by atoms with Crippen LogP contribution < -0.4 is 0 Å². The van der Waals surface area contributed by atoms with E-state index in [1.165, 1.54) is 135 Å². The number of ether oxygens (including phenoxy) is 3. The number of esters is 3. The van der Waals surface area contributed by atoms with E-state index in [2.05, 4.69) is 69.4 Å². The highest BCUT2D eigenvalue weighted by Gasteiger charge is 2.19. The highest BCUT2D eigenvalue weighted by molar-refractivity contribution is 5.71. The highest BCUT2D eigenvalue weighted by Crippen LogP contribution is 2.15. The van der Waals surface area contributed by atoms with E-state index in [1.54, 1.807) is 0 Å². The minimum atomic E-state index is -0.786. The van der Waals surface area contributed by atoms with Gasteiger partial charge < -0.3 is 14.2 Å². The Labute approximate surface area is 365 Å². The molecule has 0 aliphatic rings. The summed E-state index contributed by atoms with van der Waals surface area (Å²) in [5.74, 6) is -0.924. The fourth-order valence-corrected chi connectivity index (χ4v) is 7.04. The summed E-state index contributed by atoms with van der Waals surface area (Å²) in [5, 5.41) is 0. The molecule has 0 saturated heterocycles. The van der Waals surface area contributed by atoms with Crippen LogP contribution in [0.5, 0.6) is 0 Å². The maximum absolute atomic E-state index is 12.8. The molecule has 0 fully saturated rings. The Hall–Kier alpha value is -2.63. The average Bonchev–Trinajstić information content (AvgIpc) is 3.23. The summed E-state index contributed by atoms with van der Waals surface area (Å²) in [7, 11) is 0. The van der Waals surface area contributed by atoms with Crippen molar-refractivity contribution in [2.45, 2.75) is 258 Å². The van der Waals surface area contributed by atoms with Gasteiger partial charge in [0.2, 0.25) is 0 Å². The van der Waals surface area contributed by atoms with Crippen LogP contribution in [0.3, 0.4) is 0 Å². The van der Waals surface area contributed by atoms with Gasteiger partial charge >= 0.3 is 17.9 Å². The zero-order valence-corrected chi connectivity index (χ0v) is 39.0. The van der Waals surface area contributed by atoms with Gasteiger partial charge in [-0.25, -0.2) is 0 Å². The summed E-state index contributed by atoms with van der Waals surface area (Å²) in [6.45, 7) is 6.48. The van der Waals surface area contributed by atoms with Crippen molar-refractivity contribution in [3.63, 3.8) is 0 Å². The van der Waals surface area contributed by atoms with Gasteiger partial charge in [-0.1, -0.05) is 204 Å². The van der Waals surface area contributed by atoms with Crippen molar-refractivity contribution in [3.05, 3.63) is 48.6 Å². The molecule has 6 nitrogen and oxygen atoms in total. The van der Waals surface area contributed by atoms with Crippen LogP contribution in [0.25, 0.3) is 0 Å². The Bertz CT molecular complexity index is 1040. The normalized spacial score (nSPS) is 12.4. The van der Waals surface area contributed by atoms with Gasteiger partial charge in [0.1, 0.15) is 13.2 Å². The van der Waals surface area contributed by atoms with Crippen LogP contribution in [0.15, 0.2) is 48.6 Å². The molecule has 6 heteroatoms. The predicted molar refractivity (Wildman–Crippen MR) is 252 cm³/mol. The summed E-state index contributed by atoms with van der Waals surface area (Å²) in [6.07, 6.45) is 56.7. The second-order valence-corrected chi connectivity index (χ2v) is 16.7. The molecule has 0 spiro atoms. The van der Waals surface area contributed by atoms with E-state index in [9.17, 15) is 14.4 Å². The summed E-state index contributed by atoms with van der Waals surface area (Å²) in [6, 6.07) is 0. The van der Waals surface area contributed by atoms with Crippen LogP contribution in [0.1, 0.15) is 252 Å². The van der Waals surface area contributed by atoms with Crippen LogP contribution in [-0.2, 0) is 28.6 Å². The van der Waals surface area contributed by atoms with E-state index < -0.39 is 6.10 Å². The molecular weight excluding hydrogens is 733 g/mol. The minimum absolute atomic E-state index is 0.0854. The third-order valence-corrected chi connectivity index (χ3v) is 10.8. The van der Waals surface area contributed by atoms with Crippen molar-refractivity contribution in [1.29, 1.82) is 0 Å². The Morgan fingerprint density at radius 2 is 0.661 bits per heavy atom. The SMILES string of the molecule is CC/C=C\C/C=C\C/C=C\CCCCC(=O)OCC(COC(=O)CCCCCCCCC/C=C\CCCCCC)OC(=O)CCCCCCCCCCCCCCCC. The van der Waals surface area contributed by atoms with Crippen molar-refractivity contribution in [2.75, 3.05) is 13.2 Å². The number of carbonyl (C=O) groups excluding carboxylic acids is 3. The maximum Gasteiger partial charge on any atom is 0.306 e. The lowest BCUT2D eigenvalue weighted by atomic mass is 10.0. The maximum atomic E-state index is 12.8. The van der Waals surface area contributed by atoms with Gasteiger partial charge in [-0.3, -0.25) is 14.4 Å². The molecule has 342 valence electrons. The monoisotopic (exact) mass is 827 g/mol. The first-order chi connectivity index (χ1) is 29.0. The summed E-state index contributed by atoms with van der Waals surface area (Å²) in [4.78, 5) is 37.9. The van der Waals surface area contributed by atoms with Crippen molar-refractivity contribution in [1.82, 2.24) is 0 Å². The van der Waals surface area contributed by atoms with E-state index in [0.717, 1.165) is 77.0 Å². The molecule has 0 aromatic carbocycles. The molecule has 0 amide bonds. The molecular formula is C53H94O6. The molecule has 0 aliphatic carbocycles. The molecule has 0 radical (unpaired) electrons. The molecule has 0 aromatic rings. The third-order valence-electron chi connectivity index (χ3n) is 10.8. The zero-order chi connectivity index (χ0) is 43.0. The molecule has 59 heavy (non-hydrogen) atoms. The number of hydrogen-bond donors (Lipinski definition) is 0. The molecule has 0 heterocycles. The minimum Gasteiger partial charge on any atom is -0.462 e. The van der Waals surface area contributed by atoms with Gasteiger partial charge in [0.15, 0.2) is 6.10 Å². The van der Waals surface area contributed by atoms with E-state index in [0.29, 0.717) is 19.3 Å². The molecule has 0 aliphatic heterocycles. The summed E-state index contributed by atoms with van der Waals surface area (Å²) >= 11 is 0. The number of rotatable bonds is 45. The molecule has 0 rings (SSSR count). The van der Waals surface area contributed by atoms with Crippen LogP contribution in [0.2, 0.25) is 0 Å². The predicted octanol–water partition coefficient (Wildman–Crippen LogP) is 16.3. The lowest BCUT2D eigenvalue weighted by Crippen LogP contribution is -2.30. The first kappa shape index (κ1) is 56.4. The van der Waals surface area contributed by atoms with Crippen molar-refractivity contribution >= 4 is 17.9 Å². The lowest BCUT2D eigenvalue weighted by molar-refractivity contribution is -0.167. The molecule has 1 atom stereocenters. The van der Waals surface area contributed by atoms with Gasteiger partial charge in [0.05, 0.1) is 0 Å². The number of carbonyl (C=O) groups is 3.